The Kier molecular flexibility index (Phi) is 12.7. The Balaban J connectivity index is 0.000000236. The predicted octanol–water partition coefficient (Wildman–Crippen LogP) is 9.28. The highest BCUT2D eigenvalue weighted by molar-refractivity contribution is 6.29. The standard InChI is InChI=1S/C21H21N3O4.C17H18ClN3O3/c1-21(2,3)28-20(26)24-18-7-5-4-6-17(18)23-19(25)14-8-9-16(22-12-14)15-10-11-27-13-15;1-17(2,3)24-16(23)21-13-7-5-4-6-12(13)20-15(22)11-8-9-14(18)19-10-11/h4-13H,1-3H3,(H,23,25)(H,24,26);4-10H,1-3H3,(H,20,22)(H,21,23). The number of amides is 4. The van der Waals surface area contributed by atoms with Crippen LogP contribution < -0.4 is 21.3 Å². The second kappa shape index (κ2) is 17.1. The first-order chi connectivity index (χ1) is 24.6. The summed E-state index contributed by atoms with van der Waals surface area (Å²) in [6.45, 7) is 10.6. The maximum atomic E-state index is 12.6. The molecule has 2 aromatic carbocycles. The minimum atomic E-state index is -0.620. The third-order valence-electron chi connectivity index (χ3n) is 6.45. The topological polar surface area (TPSA) is 174 Å². The van der Waals surface area contributed by atoms with Gasteiger partial charge in [0, 0.05) is 18.0 Å². The van der Waals surface area contributed by atoms with E-state index in [1.54, 1.807) is 127 Å². The maximum absolute atomic E-state index is 12.6. The molecule has 270 valence electrons. The summed E-state index contributed by atoms with van der Waals surface area (Å²) in [7, 11) is 0. The Hall–Kier alpha value is -6.21. The number of pyridine rings is 2. The third-order valence-corrected chi connectivity index (χ3v) is 6.68. The Labute approximate surface area is 306 Å². The fourth-order valence-electron chi connectivity index (χ4n) is 4.24. The largest absolute Gasteiger partial charge is 0.472 e. The summed E-state index contributed by atoms with van der Waals surface area (Å²) >= 11 is 5.71. The third kappa shape index (κ3) is 12.3. The van der Waals surface area contributed by atoms with E-state index in [-0.39, 0.29) is 11.8 Å². The van der Waals surface area contributed by atoms with Crippen molar-refractivity contribution in [2.75, 3.05) is 21.3 Å². The Morgan fingerprint density at radius 3 is 1.40 bits per heavy atom. The van der Waals surface area contributed by atoms with Gasteiger partial charge < -0.3 is 24.5 Å². The van der Waals surface area contributed by atoms with E-state index in [1.807, 2.05) is 0 Å². The van der Waals surface area contributed by atoms with Gasteiger partial charge in [0.2, 0.25) is 0 Å². The maximum Gasteiger partial charge on any atom is 0.412 e. The molecule has 4 N–H and O–H groups in total. The van der Waals surface area contributed by atoms with Crippen LogP contribution in [0.3, 0.4) is 0 Å². The van der Waals surface area contributed by atoms with Crippen molar-refractivity contribution >= 4 is 58.4 Å². The highest BCUT2D eigenvalue weighted by Crippen LogP contribution is 2.25. The summed E-state index contributed by atoms with van der Waals surface area (Å²) in [6, 6.07) is 22.0. The molecule has 0 saturated carbocycles. The lowest BCUT2D eigenvalue weighted by molar-refractivity contribution is 0.0624. The van der Waals surface area contributed by atoms with Crippen LogP contribution in [0.1, 0.15) is 62.3 Å². The van der Waals surface area contributed by atoms with Crippen LogP contribution in [0.2, 0.25) is 5.15 Å². The van der Waals surface area contributed by atoms with Gasteiger partial charge in [0.05, 0.1) is 52.1 Å². The van der Waals surface area contributed by atoms with E-state index in [0.717, 1.165) is 5.56 Å². The highest BCUT2D eigenvalue weighted by atomic mass is 35.5. The molecule has 0 bridgehead atoms. The fourth-order valence-corrected chi connectivity index (χ4v) is 4.35. The van der Waals surface area contributed by atoms with Crippen LogP contribution in [0.25, 0.3) is 11.3 Å². The number of hydrogen-bond acceptors (Lipinski definition) is 9. The van der Waals surface area contributed by atoms with Gasteiger partial charge in [0.1, 0.15) is 16.4 Å². The molecule has 13 nitrogen and oxygen atoms in total. The summed E-state index contributed by atoms with van der Waals surface area (Å²) in [5.74, 6) is -0.706. The first kappa shape index (κ1) is 38.6. The van der Waals surface area contributed by atoms with Crippen molar-refractivity contribution < 1.29 is 33.1 Å². The second-order valence-corrected chi connectivity index (χ2v) is 13.5. The molecule has 0 unspecified atom stereocenters. The van der Waals surface area contributed by atoms with E-state index in [0.29, 0.717) is 44.7 Å². The fraction of sp³-hybridized carbons (Fsp3) is 0.211. The Morgan fingerprint density at radius 2 is 1.04 bits per heavy atom. The molecule has 3 aromatic heterocycles. The molecule has 0 saturated heterocycles. The zero-order valence-electron chi connectivity index (χ0n) is 29.4. The van der Waals surface area contributed by atoms with Gasteiger partial charge in [-0.15, -0.1) is 0 Å². The molecule has 0 radical (unpaired) electrons. The number of furan rings is 1. The molecule has 5 rings (SSSR count). The number of hydrogen-bond donors (Lipinski definition) is 4. The molecule has 52 heavy (non-hydrogen) atoms. The van der Waals surface area contributed by atoms with Crippen LogP contribution in [0.5, 0.6) is 0 Å². The average Bonchev–Trinajstić information content (AvgIpc) is 3.61. The van der Waals surface area contributed by atoms with Gasteiger partial charge in [0.25, 0.3) is 11.8 Å². The van der Waals surface area contributed by atoms with E-state index in [9.17, 15) is 19.2 Å². The molecule has 14 heteroatoms. The minimum Gasteiger partial charge on any atom is -0.472 e. The molecule has 0 aliphatic carbocycles. The zero-order valence-corrected chi connectivity index (χ0v) is 30.2. The number of nitrogens with one attached hydrogen (secondary N) is 4. The predicted molar refractivity (Wildman–Crippen MR) is 200 cm³/mol. The average molecular weight is 727 g/mol. The van der Waals surface area contributed by atoms with Crippen molar-refractivity contribution in [1.82, 2.24) is 9.97 Å². The SMILES string of the molecule is CC(C)(C)OC(=O)Nc1ccccc1NC(=O)c1ccc(-c2ccoc2)nc1.CC(C)(C)OC(=O)Nc1ccccc1NC(=O)c1ccc(Cl)nc1. The Bertz CT molecular complexity index is 1990. The van der Waals surface area contributed by atoms with Gasteiger partial charge in [-0.2, -0.15) is 0 Å². The van der Waals surface area contributed by atoms with Gasteiger partial charge in [-0.25, -0.2) is 14.6 Å². The molecular formula is C38H39ClN6O7. The van der Waals surface area contributed by atoms with E-state index >= 15 is 0 Å². The van der Waals surface area contributed by atoms with Gasteiger partial charge in [0.15, 0.2) is 0 Å². The van der Waals surface area contributed by atoms with Crippen molar-refractivity contribution in [3.63, 3.8) is 0 Å². The normalized spacial score (nSPS) is 10.9. The lowest BCUT2D eigenvalue weighted by atomic mass is 10.2. The lowest BCUT2D eigenvalue weighted by Crippen LogP contribution is -2.27. The number of benzene rings is 2. The summed E-state index contributed by atoms with van der Waals surface area (Å²) < 4.78 is 15.5. The van der Waals surface area contributed by atoms with Gasteiger partial charge in [-0.1, -0.05) is 35.9 Å². The number of aromatic nitrogens is 2. The number of ether oxygens (including phenoxy) is 2. The number of carbonyl (C=O) groups excluding carboxylic acids is 4. The molecule has 4 amide bonds. The number of rotatable bonds is 7. The quantitative estimate of drug-likeness (QED) is 0.119. The van der Waals surface area contributed by atoms with E-state index in [2.05, 4.69) is 31.2 Å². The molecule has 3 heterocycles. The summed E-state index contributed by atoms with van der Waals surface area (Å²) in [5.41, 5.74) is 2.82. The van der Waals surface area contributed by atoms with Gasteiger partial charge in [-0.05, 0) is 96.1 Å². The first-order valence-corrected chi connectivity index (χ1v) is 16.3. The number of halogens is 1. The van der Waals surface area contributed by atoms with Crippen LogP contribution in [0, 0.1) is 0 Å². The number of anilines is 4. The number of para-hydroxylation sites is 4. The zero-order chi connectivity index (χ0) is 37.9. The van der Waals surface area contributed by atoms with E-state index < -0.39 is 23.4 Å². The highest BCUT2D eigenvalue weighted by Gasteiger charge is 2.19. The van der Waals surface area contributed by atoms with Gasteiger partial charge in [-0.3, -0.25) is 25.2 Å². The summed E-state index contributed by atoms with van der Waals surface area (Å²) in [4.78, 5) is 56.9. The molecule has 5 aromatic rings. The first-order valence-electron chi connectivity index (χ1n) is 16.0. The minimum absolute atomic E-state index is 0.304. The van der Waals surface area contributed by atoms with Crippen molar-refractivity contribution in [3.8, 4) is 11.3 Å². The van der Waals surface area contributed by atoms with Crippen LogP contribution >= 0.6 is 11.6 Å². The number of carbonyl (C=O) groups is 4. The Morgan fingerprint density at radius 1 is 0.596 bits per heavy atom. The van der Waals surface area contributed by atoms with Crippen molar-refractivity contribution in [1.29, 1.82) is 0 Å². The van der Waals surface area contributed by atoms with Crippen molar-refractivity contribution in [2.24, 2.45) is 0 Å². The molecular weight excluding hydrogens is 688 g/mol. The van der Waals surface area contributed by atoms with Gasteiger partial charge >= 0.3 is 12.2 Å². The second-order valence-electron chi connectivity index (χ2n) is 13.1. The monoisotopic (exact) mass is 726 g/mol. The molecule has 0 aliphatic rings. The van der Waals surface area contributed by atoms with E-state index in [4.69, 9.17) is 25.5 Å². The molecule has 0 fully saturated rings. The van der Waals surface area contributed by atoms with Crippen LogP contribution in [0.15, 0.2) is 108 Å². The van der Waals surface area contributed by atoms with Crippen LogP contribution in [-0.4, -0.2) is 45.2 Å². The van der Waals surface area contributed by atoms with Crippen molar-refractivity contribution in [2.45, 2.75) is 52.7 Å². The molecule has 0 spiro atoms. The smallest absolute Gasteiger partial charge is 0.412 e. The summed E-state index contributed by atoms with van der Waals surface area (Å²) in [5, 5.41) is 11.1. The van der Waals surface area contributed by atoms with Crippen LogP contribution in [-0.2, 0) is 9.47 Å². The molecule has 0 aliphatic heterocycles. The lowest BCUT2D eigenvalue weighted by Gasteiger charge is -2.20. The number of nitrogens with zero attached hydrogens (tertiary/aromatic N) is 2. The van der Waals surface area contributed by atoms with E-state index in [1.165, 1.54) is 18.5 Å². The van der Waals surface area contributed by atoms with Crippen LogP contribution in [0.4, 0.5) is 32.3 Å². The summed E-state index contributed by atoms with van der Waals surface area (Å²) in [6.07, 6.45) is 4.81. The molecule has 0 atom stereocenters. The van der Waals surface area contributed by atoms with Crippen molar-refractivity contribution in [3.05, 3.63) is 120 Å².